The van der Waals surface area contributed by atoms with Gasteiger partial charge in [-0.1, -0.05) is 24.3 Å². The molecule has 0 saturated carbocycles. The van der Waals surface area contributed by atoms with E-state index in [2.05, 4.69) is 10.5 Å². The molecule has 0 aliphatic rings. The van der Waals surface area contributed by atoms with Crippen molar-refractivity contribution in [2.45, 2.75) is 13.1 Å². The summed E-state index contributed by atoms with van der Waals surface area (Å²) in [5.41, 5.74) is 0.875. The van der Waals surface area contributed by atoms with Crippen LogP contribution in [0.15, 0.2) is 47.6 Å². The summed E-state index contributed by atoms with van der Waals surface area (Å²) in [6, 6.07) is 8.69. The highest BCUT2D eigenvalue weighted by Crippen LogP contribution is 2.31. The molecule has 6 nitrogen and oxygen atoms in total. The molecule has 2 aromatic rings. The molecule has 0 radical (unpaired) electrons. The third-order valence-corrected chi connectivity index (χ3v) is 3.38. The number of nitro benzene ring substituents is 1. The highest BCUT2D eigenvalue weighted by Gasteiger charge is 2.32. The second-order valence-corrected chi connectivity index (χ2v) is 4.99. The van der Waals surface area contributed by atoms with E-state index in [9.17, 15) is 28.1 Å². The van der Waals surface area contributed by atoms with Crippen LogP contribution in [0.2, 0.25) is 0 Å². The fourth-order valence-electron chi connectivity index (χ4n) is 2.16. The lowest BCUT2D eigenvalue weighted by atomic mass is 10.1. The summed E-state index contributed by atoms with van der Waals surface area (Å²) < 4.78 is 38.6. The molecule has 0 saturated heterocycles. The zero-order chi connectivity index (χ0) is 18.6. The molecule has 0 heterocycles. The Morgan fingerprint density at radius 1 is 1.20 bits per heavy atom. The van der Waals surface area contributed by atoms with Gasteiger partial charge in [0.05, 0.1) is 22.3 Å². The molecule has 9 heteroatoms. The number of hydrogen-bond donors (Lipinski definition) is 1. The molecule has 0 aliphatic carbocycles. The number of halogens is 3. The van der Waals surface area contributed by atoms with Gasteiger partial charge in [0.1, 0.15) is 0 Å². The van der Waals surface area contributed by atoms with Gasteiger partial charge in [-0.05, 0) is 19.1 Å². The van der Waals surface area contributed by atoms with E-state index in [1.165, 1.54) is 43.3 Å². The second kappa shape index (κ2) is 7.12. The molecule has 1 amide bonds. The Hall–Kier alpha value is -3.23. The number of nitrogens with one attached hydrogen (secondary N) is 1. The Morgan fingerprint density at radius 2 is 1.88 bits per heavy atom. The number of amides is 1. The van der Waals surface area contributed by atoms with Crippen molar-refractivity contribution in [2.24, 2.45) is 5.10 Å². The fourth-order valence-corrected chi connectivity index (χ4v) is 2.16. The number of carbonyl (C=O) groups excluding carboxylic acids is 1. The van der Waals surface area contributed by atoms with Crippen molar-refractivity contribution in [3.63, 3.8) is 0 Å². The van der Waals surface area contributed by atoms with Gasteiger partial charge >= 0.3 is 6.18 Å². The molecular weight excluding hydrogens is 339 g/mol. The Bertz CT molecular complexity index is 848. The van der Waals surface area contributed by atoms with Gasteiger partial charge in [0.15, 0.2) is 0 Å². The van der Waals surface area contributed by atoms with Gasteiger partial charge in [-0.15, -0.1) is 0 Å². The molecule has 0 atom stereocenters. The summed E-state index contributed by atoms with van der Waals surface area (Å²) in [5.74, 6) is -0.762. The van der Waals surface area contributed by atoms with Crippen molar-refractivity contribution < 1.29 is 22.9 Å². The summed E-state index contributed by atoms with van der Waals surface area (Å²) in [6.07, 6.45) is -3.68. The van der Waals surface area contributed by atoms with Crippen LogP contribution in [0.5, 0.6) is 0 Å². The van der Waals surface area contributed by atoms with Crippen molar-refractivity contribution in [3.05, 3.63) is 74.8 Å². The Morgan fingerprint density at radius 3 is 2.52 bits per heavy atom. The van der Waals surface area contributed by atoms with Crippen LogP contribution in [0.1, 0.15) is 27.0 Å². The maximum absolute atomic E-state index is 12.9. The van der Waals surface area contributed by atoms with Crippen LogP contribution in [0.25, 0.3) is 0 Å². The number of hydrogen-bond acceptors (Lipinski definition) is 4. The Labute approximate surface area is 140 Å². The monoisotopic (exact) mass is 351 g/mol. The minimum absolute atomic E-state index is 0.00968. The van der Waals surface area contributed by atoms with E-state index in [0.717, 1.165) is 12.3 Å². The van der Waals surface area contributed by atoms with Gasteiger partial charge in [-0.3, -0.25) is 14.9 Å². The first-order chi connectivity index (χ1) is 11.7. The van der Waals surface area contributed by atoms with E-state index in [0.29, 0.717) is 0 Å². The molecule has 0 aliphatic heterocycles. The lowest BCUT2D eigenvalue weighted by Crippen LogP contribution is -2.19. The number of hydrazone groups is 1. The number of carbonyl (C=O) groups is 1. The van der Waals surface area contributed by atoms with Crippen LogP contribution in [-0.2, 0) is 6.18 Å². The first kappa shape index (κ1) is 18.1. The van der Waals surface area contributed by atoms with Crippen LogP contribution in [0.3, 0.4) is 0 Å². The van der Waals surface area contributed by atoms with Crippen molar-refractivity contribution in [1.82, 2.24) is 5.43 Å². The molecule has 25 heavy (non-hydrogen) atoms. The van der Waals surface area contributed by atoms with Gasteiger partial charge in [-0.2, -0.15) is 18.3 Å². The molecule has 2 rings (SSSR count). The predicted molar refractivity (Wildman–Crippen MR) is 84.3 cm³/mol. The lowest BCUT2D eigenvalue weighted by molar-refractivity contribution is -0.385. The van der Waals surface area contributed by atoms with Crippen LogP contribution in [-0.4, -0.2) is 17.0 Å². The quantitative estimate of drug-likeness (QED) is 0.518. The van der Waals surface area contributed by atoms with Crippen LogP contribution in [0.4, 0.5) is 18.9 Å². The normalized spacial score (nSPS) is 11.5. The van der Waals surface area contributed by atoms with Crippen molar-refractivity contribution in [3.8, 4) is 0 Å². The van der Waals surface area contributed by atoms with E-state index in [4.69, 9.17) is 0 Å². The van der Waals surface area contributed by atoms with Crippen molar-refractivity contribution in [1.29, 1.82) is 0 Å². The van der Waals surface area contributed by atoms with Crippen LogP contribution >= 0.6 is 0 Å². The van der Waals surface area contributed by atoms with Gasteiger partial charge in [0.2, 0.25) is 0 Å². The topological polar surface area (TPSA) is 84.6 Å². The number of nitrogens with zero attached hydrogens (tertiary/aromatic N) is 2. The van der Waals surface area contributed by atoms with E-state index in [-0.39, 0.29) is 22.4 Å². The summed E-state index contributed by atoms with van der Waals surface area (Å²) in [5, 5.41) is 14.4. The second-order valence-electron chi connectivity index (χ2n) is 4.99. The standard InChI is InChI=1S/C16H12F3N3O3/c1-10-12(6-4-8-14(10)22(24)25)15(23)21-20-9-11-5-2-3-7-13(11)16(17,18)19/h2-9H,1H3,(H,21,23). The van der Waals surface area contributed by atoms with E-state index in [1.54, 1.807) is 0 Å². The van der Waals surface area contributed by atoms with E-state index in [1.807, 2.05) is 0 Å². The Kier molecular flexibility index (Phi) is 5.16. The minimum Gasteiger partial charge on any atom is -0.267 e. The highest BCUT2D eigenvalue weighted by molar-refractivity contribution is 5.97. The fraction of sp³-hybridized carbons (Fsp3) is 0.125. The third-order valence-electron chi connectivity index (χ3n) is 3.38. The average molecular weight is 351 g/mol. The molecule has 130 valence electrons. The maximum atomic E-state index is 12.9. The molecular formula is C16H12F3N3O3. The Balaban J connectivity index is 2.21. The van der Waals surface area contributed by atoms with Gasteiger partial charge < -0.3 is 0 Å². The van der Waals surface area contributed by atoms with E-state index >= 15 is 0 Å². The minimum atomic E-state index is -4.55. The third kappa shape index (κ3) is 4.19. The highest BCUT2D eigenvalue weighted by atomic mass is 19.4. The van der Waals surface area contributed by atoms with Gasteiger partial charge in [-0.25, -0.2) is 5.43 Å². The first-order valence-corrected chi connectivity index (χ1v) is 6.95. The number of benzene rings is 2. The number of alkyl halides is 3. The SMILES string of the molecule is Cc1c(C(=O)NN=Cc2ccccc2C(F)(F)F)cccc1[N+](=O)[O-]. The van der Waals surface area contributed by atoms with Crippen LogP contribution < -0.4 is 5.43 Å². The summed E-state index contributed by atoms with van der Waals surface area (Å²) >= 11 is 0. The average Bonchev–Trinajstić information content (AvgIpc) is 2.54. The summed E-state index contributed by atoms with van der Waals surface area (Å²) in [7, 11) is 0. The zero-order valence-corrected chi connectivity index (χ0v) is 12.9. The molecule has 0 bridgehead atoms. The van der Waals surface area contributed by atoms with Crippen LogP contribution in [0, 0.1) is 17.0 Å². The number of nitro groups is 1. The van der Waals surface area contributed by atoms with E-state index < -0.39 is 22.6 Å². The predicted octanol–water partition coefficient (Wildman–Crippen LogP) is 3.69. The van der Waals surface area contributed by atoms with Gasteiger partial charge in [0.25, 0.3) is 11.6 Å². The van der Waals surface area contributed by atoms with Crippen molar-refractivity contribution >= 4 is 17.8 Å². The molecule has 1 N–H and O–H groups in total. The lowest BCUT2D eigenvalue weighted by Gasteiger charge is -2.09. The first-order valence-electron chi connectivity index (χ1n) is 6.95. The van der Waals surface area contributed by atoms with Gasteiger partial charge in [0, 0.05) is 17.2 Å². The summed E-state index contributed by atoms with van der Waals surface area (Å²) in [4.78, 5) is 22.3. The zero-order valence-electron chi connectivity index (χ0n) is 12.9. The largest absolute Gasteiger partial charge is 0.417 e. The molecule has 0 spiro atoms. The van der Waals surface area contributed by atoms with Crippen molar-refractivity contribution in [2.75, 3.05) is 0 Å². The maximum Gasteiger partial charge on any atom is 0.417 e. The molecule has 0 unspecified atom stereocenters. The molecule has 0 fully saturated rings. The smallest absolute Gasteiger partial charge is 0.267 e. The molecule has 2 aromatic carbocycles. The molecule has 0 aromatic heterocycles. The summed E-state index contributed by atoms with van der Waals surface area (Å²) in [6.45, 7) is 1.40. The number of rotatable bonds is 4.